The van der Waals surface area contributed by atoms with E-state index in [0.29, 0.717) is 29.8 Å². The Hall–Kier alpha value is -0.450. The van der Waals surface area contributed by atoms with Crippen LogP contribution in [0, 0.1) is 17.2 Å². The first-order chi connectivity index (χ1) is 9.68. The van der Waals surface area contributed by atoms with Crippen LogP contribution in [0.25, 0.3) is 0 Å². The molecule has 2 nitrogen and oxygen atoms in total. The van der Waals surface area contributed by atoms with E-state index >= 15 is 0 Å². The van der Waals surface area contributed by atoms with Crippen LogP contribution in [0.15, 0.2) is 16.6 Å². The van der Waals surface area contributed by atoms with Crippen LogP contribution in [0.4, 0.5) is 4.39 Å². The van der Waals surface area contributed by atoms with Crippen LogP contribution in [0.2, 0.25) is 5.02 Å². The molecule has 2 N–H and O–H groups in total. The van der Waals surface area contributed by atoms with Gasteiger partial charge in [0.2, 0.25) is 0 Å². The molecular weight excluding hydrogens is 357 g/mol. The lowest BCUT2D eigenvalue weighted by molar-refractivity contribution is 0.0954. The zero-order valence-electron chi connectivity index (χ0n) is 12.7. The van der Waals surface area contributed by atoms with E-state index in [2.05, 4.69) is 36.7 Å². The maximum Gasteiger partial charge on any atom is 0.165 e. The molecule has 0 bridgehead atoms. The Morgan fingerprint density at radius 2 is 2.00 bits per heavy atom. The van der Waals surface area contributed by atoms with E-state index in [1.807, 2.05) is 0 Å². The molecule has 1 aromatic carbocycles. The van der Waals surface area contributed by atoms with Crippen LogP contribution in [-0.4, -0.2) is 12.3 Å². The van der Waals surface area contributed by atoms with Crippen molar-refractivity contribution in [2.45, 2.75) is 40.0 Å². The molecule has 0 spiro atoms. The minimum atomic E-state index is -0.651. The fourth-order valence-electron chi connectivity index (χ4n) is 2.39. The average molecular weight is 379 g/mol. The van der Waals surface area contributed by atoms with Crippen LogP contribution >= 0.6 is 27.5 Å². The van der Waals surface area contributed by atoms with E-state index in [9.17, 15) is 9.18 Å². The molecule has 0 amide bonds. The first-order valence-electron chi connectivity index (χ1n) is 7.05. The normalized spacial score (nSPS) is 13.3. The molecule has 0 aliphatic heterocycles. The van der Waals surface area contributed by atoms with E-state index in [0.717, 1.165) is 6.42 Å². The third-order valence-corrected chi connectivity index (χ3v) is 5.05. The number of hydrogen-bond acceptors (Lipinski definition) is 2. The van der Waals surface area contributed by atoms with Crippen molar-refractivity contribution in [2.24, 2.45) is 17.1 Å². The van der Waals surface area contributed by atoms with Gasteiger partial charge in [-0.15, -0.1) is 0 Å². The molecule has 0 heterocycles. The second-order valence-electron chi connectivity index (χ2n) is 6.33. The van der Waals surface area contributed by atoms with Crippen LogP contribution in [0.3, 0.4) is 0 Å². The van der Waals surface area contributed by atoms with Crippen molar-refractivity contribution < 1.29 is 9.18 Å². The number of Topliss-reactive ketones (excluding diaryl/α,β-unsaturated/α-hetero) is 1. The molecule has 1 atom stereocenters. The van der Waals surface area contributed by atoms with Crippen LogP contribution in [0.1, 0.15) is 50.4 Å². The summed E-state index contributed by atoms with van der Waals surface area (Å²) in [4.78, 5) is 12.2. The van der Waals surface area contributed by atoms with Gasteiger partial charge in [0.25, 0.3) is 0 Å². The summed E-state index contributed by atoms with van der Waals surface area (Å²) in [5.74, 6) is -0.532. The molecule has 0 aromatic heterocycles. The highest BCUT2D eigenvalue weighted by Crippen LogP contribution is 2.33. The standard InChI is InChI=1S/C16H22BrClFNO/c1-16(2,3)10(8-9-20)4-7-13(21)11-5-6-12(17)14(18)15(11)19/h5-6,10H,4,7-9,20H2,1-3H3. The molecule has 1 rings (SSSR count). The van der Waals surface area contributed by atoms with Crippen molar-refractivity contribution in [2.75, 3.05) is 6.54 Å². The Kier molecular flexibility index (Phi) is 6.82. The lowest BCUT2D eigenvalue weighted by Gasteiger charge is -2.30. The number of benzene rings is 1. The molecule has 1 unspecified atom stereocenters. The van der Waals surface area contributed by atoms with Gasteiger partial charge in [0.05, 0.1) is 10.6 Å². The minimum Gasteiger partial charge on any atom is -0.330 e. The summed E-state index contributed by atoms with van der Waals surface area (Å²) in [6, 6.07) is 3.07. The maximum absolute atomic E-state index is 14.0. The highest BCUT2D eigenvalue weighted by molar-refractivity contribution is 9.10. The summed E-state index contributed by atoms with van der Waals surface area (Å²) in [7, 11) is 0. The SMILES string of the molecule is CC(C)(C)C(CCN)CCC(=O)c1ccc(Br)c(Cl)c1F. The number of rotatable bonds is 6. The molecule has 5 heteroatoms. The van der Waals surface area contributed by atoms with Crippen molar-refractivity contribution in [1.82, 2.24) is 0 Å². The average Bonchev–Trinajstić information content (AvgIpc) is 2.39. The fourth-order valence-corrected chi connectivity index (χ4v) is 2.86. The van der Waals surface area contributed by atoms with Crippen LogP contribution < -0.4 is 5.73 Å². The van der Waals surface area contributed by atoms with Crippen molar-refractivity contribution >= 4 is 33.3 Å². The topological polar surface area (TPSA) is 43.1 Å². The van der Waals surface area contributed by atoms with Crippen molar-refractivity contribution in [1.29, 1.82) is 0 Å². The lowest BCUT2D eigenvalue weighted by atomic mass is 9.76. The predicted octanol–water partition coefficient (Wildman–Crippen LogP) is 5.22. The Bertz CT molecular complexity index is 514. The largest absolute Gasteiger partial charge is 0.330 e. The van der Waals surface area contributed by atoms with Crippen molar-refractivity contribution in [3.8, 4) is 0 Å². The summed E-state index contributed by atoms with van der Waals surface area (Å²) in [5, 5.41) is -0.0461. The summed E-state index contributed by atoms with van der Waals surface area (Å²) in [5.41, 5.74) is 5.77. The molecule has 0 saturated heterocycles. The third kappa shape index (κ3) is 5.04. The first-order valence-corrected chi connectivity index (χ1v) is 8.22. The molecule has 0 aliphatic carbocycles. The Balaban J connectivity index is 2.80. The monoisotopic (exact) mass is 377 g/mol. The van der Waals surface area contributed by atoms with E-state index in [1.165, 1.54) is 6.07 Å². The molecule has 0 fully saturated rings. The van der Waals surface area contributed by atoms with Gasteiger partial charge in [-0.3, -0.25) is 4.79 Å². The Morgan fingerprint density at radius 3 is 2.52 bits per heavy atom. The smallest absolute Gasteiger partial charge is 0.165 e. The Labute approximate surface area is 139 Å². The van der Waals surface area contributed by atoms with E-state index in [1.54, 1.807) is 6.07 Å². The van der Waals surface area contributed by atoms with Gasteiger partial charge in [-0.25, -0.2) is 4.39 Å². The van der Waals surface area contributed by atoms with Crippen molar-refractivity contribution in [3.05, 3.63) is 33.0 Å². The quantitative estimate of drug-likeness (QED) is 0.545. The maximum atomic E-state index is 14.0. The second kappa shape index (κ2) is 7.70. The highest BCUT2D eigenvalue weighted by atomic mass is 79.9. The van der Waals surface area contributed by atoms with E-state index in [4.69, 9.17) is 17.3 Å². The number of nitrogens with two attached hydrogens (primary N) is 1. The molecular formula is C16H22BrClFNO. The third-order valence-electron chi connectivity index (χ3n) is 3.80. The zero-order valence-corrected chi connectivity index (χ0v) is 15.0. The Morgan fingerprint density at radius 1 is 1.38 bits per heavy atom. The van der Waals surface area contributed by atoms with Gasteiger partial charge in [-0.2, -0.15) is 0 Å². The molecule has 21 heavy (non-hydrogen) atoms. The molecule has 118 valence electrons. The summed E-state index contributed by atoms with van der Waals surface area (Å²) in [6.45, 7) is 6.99. The van der Waals surface area contributed by atoms with E-state index in [-0.39, 0.29) is 21.8 Å². The number of halogens is 3. The summed E-state index contributed by atoms with van der Waals surface area (Å²) < 4.78 is 14.5. The number of carbonyl (C=O) groups excluding carboxylic acids is 1. The molecule has 0 radical (unpaired) electrons. The van der Waals surface area contributed by atoms with Gasteiger partial charge >= 0.3 is 0 Å². The molecule has 0 saturated carbocycles. The van der Waals surface area contributed by atoms with Gasteiger partial charge in [-0.1, -0.05) is 32.4 Å². The summed E-state index contributed by atoms with van der Waals surface area (Å²) >= 11 is 8.96. The summed E-state index contributed by atoms with van der Waals surface area (Å²) in [6.07, 6.45) is 1.86. The second-order valence-corrected chi connectivity index (χ2v) is 7.56. The first kappa shape index (κ1) is 18.6. The fraction of sp³-hybridized carbons (Fsp3) is 0.562. The van der Waals surface area contributed by atoms with Gasteiger partial charge in [-0.05, 0) is 58.8 Å². The molecule has 1 aromatic rings. The van der Waals surface area contributed by atoms with Gasteiger partial charge in [0.1, 0.15) is 0 Å². The number of carbonyl (C=O) groups is 1. The van der Waals surface area contributed by atoms with Crippen LogP contribution in [-0.2, 0) is 0 Å². The van der Waals surface area contributed by atoms with Crippen molar-refractivity contribution in [3.63, 3.8) is 0 Å². The lowest BCUT2D eigenvalue weighted by Crippen LogP contribution is -2.24. The van der Waals surface area contributed by atoms with E-state index < -0.39 is 5.82 Å². The van der Waals surface area contributed by atoms with Gasteiger partial charge in [0.15, 0.2) is 11.6 Å². The number of ketones is 1. The minimum absolute atomic E-state index is 0.0461. The molecule has 0 aliphatic rings. The van der Waals surface area contributed by atoms with Gasteiger partial charge in [0, 0.05) is 10.9 Å². The van der Waals surface area contributed by atoms with Gasteiger partial charge < -0.3 is 5.73 Å². The predicted molar refractivity (Wildman–Crippen MR) is 89.3 cm³/mol. The highest BCUT2D eigenvalue weighted by Gasteiger charge is 2.25. The zero-order chi connectivity index (χ0) is 16.2. The van der Waals surface area contributed by atoms with Crippen LogP contribution in [0.5, 0.6) is 0 Å². The number of hydrogen-bond donors (Lipinski definition) is 1.